The molecule has 1 amide bonds. The summed E-state index contributed by atoms with van der Waals surface area (Å²) in [6, 6.07) is 8.48. The van der Waals surface area contributed by atoms with Crippen LogP contribution in [0.3, 0.4) is 0 Å². The summed E-state index contributed by atoms with van der Waals surface area (Å²) in [4.78, 5) is 13.6. The minimum Gasteiger partial charge on any atom is -0.335 e. The van der Waals surface area contributed by atoms with E-state index in [1.165, 1.54) is 5.56 Å². The smallest absolute Gasteiger partial charge is 0.238 e. The summed E-state index contributed by atoms with van der Waals surface area (Å²) >= 11 is 5.65. The lowest BCUT2D eigenvalue weighted by atomic mass is 10.1. The number of hydrogen-bond donors (Lipinski definition) is 0. The van der Waals surface area contributed by atoms with Gasteiger partial charge in [-0.05, 0) is 25.8 Å². The van der Waals surface area contributed by atoms with Crippen LogP contribution in [0, 0.1) is 6.92 Å². The van der Waals surface area contributed by atoms with Crippen LogP contribution >= 0.6 is 11.6 Å². The maximum absolute atomic E-state index is 11.8. The fraction of sp³-hybridized carbons (Fsp3) is 0.500. The van der Waals surface area contributed by atoms with Crippen molar-refractivity contribution in [1.29, 1.82) is 0 Å². The van der Waals surface area contributed by atoms with Crippen molar-refractivity contribution in [2.75, 3.05) is 5.88 Å². The van der Waals surface area contributed by atoms with Crippen LogP contribution in [0.1, 0.15) is 31.4 Å². The van der Waals surface area contributed by atoms with E-state index in [-0.39, 0.29) is 17.8 Å². The minimum absolute atomic E-state index is 0.00147. The van der Waals surface area contributed by atoms with Gasteiger partial charge in [-0.1, -0.05) is 36.8 Å². The van der Waals surface area contributed by atoms with Crippen LogP contribution in [0.4, 0.5) is 0 Å². The van der Waals surface area contributed by atoms with Crippen LogP contribution in [0.5, 0.6) is 0 Å². The lowest BCUT2D eigenvalue weighted by Crippen LogP contribution is -2.38. The fourth-order valence-electron chi connectivity index (χ4n) is 1.68. The molecule has 0 saturated carbocycles. The van der Waals surface area contributed by atoms with Crippen molar-refractivity contribution in [3.8, 4) is 0 Å². The normalized spacial score (nSPS) is 12.2. The Morgan fingerprint density at radius 3 is 2.41 bits per heavy atom. The van der Waals surface area contributed by atoms with Gasteiger partial charge in [0.15, 0.2) is 0 Å². The second-order valence-electron chi connectivity index (χ2n) is 4.40. The fourth-order valence-corrected chi connectivity index (χ4v) is 1.83. The SMILES string of the molecule is CCC(C)N(Cc1ccc(C)cc1)C(=O)CCl. The van der Waals surface area contributed by atoms with Gasteiger partial charge in [0.25, 0.3) is 0 Å². The van der Waals surface area contributed by atoms with Gasteiger partial charge in [-0.25, -0.2) is 0 Å². The molecule has 0 N–H and O–H groups in total. The Morgan fingerprint density at radius 1 is 1.35 bits per heavy atom. The summed E-state index contributed by atoms with van der Waals surface area (Å²) in [5.41, 5.74) is 2.38. The van der Waals surface area contributed by atoms with Gasteiger partial charge in [-0.15, -0.1) is 11.6 Å². The summed E-state index contributed by atoms with van der Waals surface area (Å²) in [5, 5.41) is 0. The van der Waals surface area contributed by atoms with Gasteiger partial charge in [0.2, 0.25) is 5.91 Å². The van der Waals surface area contributed by atoms with E-state index in [9.17, 15) is 4.79 Å². The molecule has 17 heavy (non-hydrogen) atoms. The summed E-state index contributed by atoms with van der Waals surface area (Å²) in [7, 11) is 0. The largest absolute Gasteiger partial charge is 0.335 e. The van der Waals surface area contributed by atoms with Gasteiger partial charge in [0, 0.05) is 12.6 Å². The number of hydrogen-bond acceptors (Lipinski definition) is 1. The van der Waals surface area contributed by atoms with Crippen molar-refractivity contribution in [3.63, 3.8) is 0 Å². The van der Waals surface area contributed by atoms with Crippen LogP contribution in [-0.2, 0) is 11.3 Å². The highest BCUT2D eigenvalue weighted by atomic mass is 35.5. The molecule has 0 saturated heterocycles. The van der Waals surface area contributed by atoms with Crippen LogP contribution in [0.2, 0.25) is 0 Å². The summed E-state index contributed by atoms with van der Waals surface area (Å²) in [5.74, 6) is 0.0533. The van der Waals surface area contributed by atoms with Crippen molar-refractivity contribution in [1.82, 2.24) is 4.90 Å². The number of nitrogens with zero attached hydrogens (tertiary/aromatic N) is 1. The Hall–Kier alpha value is -1.02. The van der Waals surface area contributed by atoms with E-state index >= 15 is 0 Å². The predicted octanol–water partition coefficient (Wildman–Crippen LogP) is 3.36. The first-order chi connectivity index (χ1) is 8.08. The number of halogens is 1. The molecular formula is C14H20ClNO. The molecule has 0 radical (unpaired) electrons. The number of carbonyl (C=O) groups is 1. The van der Waals surface area contributed by atoms with Crippen molar-refractivity contribution in [3.05, 3.63) is 35.4 Å². The van der Waals surface area contributed by atoms with Gasteiger partial charge < -0.3 is 4.90 Å². The molecule has 0 aromatic heterocycles. The Bertz CT molecular complexity index is 361. The van der Waals surface area contributed by atoms with E-state index in [1.807, 2.05) is 4.90 Å². The third-order valence-electron chi connectivity index (χ3n) is 3.03. The lowest BCUT2D eigenvalue weighted by molar-refractivity contribution is -0.131. The van der Waals surface area contributed by atoms with Crippen LogP contribution < -0.4 is 0 Å². The van der Waals surface area contributed by atoms with Crippen LogP contribution in [-0.4, -0.2) is 22.7 Å². The van der Waals surface area contributed by atoms with E-state index < -0.39 is 0 Å². The molecule has 0 fully saturated rings. The molecule has 1 aromatic carbocycles. The average Bonchev–Trinajstić information content (AvgIpc) is 2.36. The average molecular weight is 254 g/mol. The molecule has 0 spiro atoms. The Kier molecular flexibility index (Phi) is 5.49. The van der Waals surface area contributed by atoms with Crippen LogP contribution in [0.15, 0.2) is 24.3 Å². The van der Waals surface area contributed by atoms with Gasteiger partial charge >= 0.3 is 0 Å². The maximum atomic E-state index is 11.8. The van der Waals surface area contributed by atoms with Crippen LogP contribution in [0.25, 0.3) is 0 Å². The third kappa shape index (κ3) is 4.04. The second-order valence-corrected chi connectivity index (χ2v) is 4.67. The van der Waals surface area contributed by atoms with E-state index in [2.05, 4.69) is 45.0 Å². The van der Waals surface area contributed by atoms with Gasteiger partial charge in [-0.2, -0.15) is 0 Å². The highest BCUT2D eigenvalue weighted by Gasteiger charge is 2.17. The van der Waals surface area contributed by atoms with E-state index in [0.717, 1.165) is 12.0 Å². The number of alkyl halides is 1. The third-order valence-corrected chi connectivity index (χ3v) is 3.26. The second kappa shape index (κ2) is 6.65. The molecule has 0 heterocycles. The standard InChI is InChI=1S/C14H20ClNO/c1-4-12(3)16(14(17)9-15)10-13-7-5-11(2)6-8-13/h5-8,12H,4,9-10H2,1-3H3. The molecule has 1 unspecified atom stereocenters. The number of carbonyl (C=O) groups excluding carboxylic acids is 1. The Labute approximate surface area is 109 Å². The first-order valence-electron chi connectivity index (χ1n) is 5.99. The zero-order valence-corrected chi connectivity index (χ0v) is 11.5. The van der Waals surface area contributed by atoms with Gasteiger partial charge in [0.05, 0.1) is 0 Å². The quantitative estimate of drug-likeness (QED) is 0.737. The zero-order chi connectivity index (χ0) is 12.8. The molecule has 94 valence electrons. The molecule has 0 aliphatic carbocycles. The Balaban J connectivity index is 2.78. The van der Waals surface area contributed by atoms with Crippen molar-refractivity contribution in [2.24, 2.45) is 0 Å². The number of benzene rings is 1. The first-order valence-corrected chi connectivity index (χ1v) is 6.53. The monoisotopic (exact) mass is 253 g/mol. The predicted molar refractivity (Wildman–Crippen MR) is 72.2 cm³/mol. The summed E-state index contributed by atoms with van der Waals surface area (Å²) in [6.07, 6.45) is 0.939. The number of amides is 1. The topological polar surface area (TPSA) is 20.3 Å². The van der Waals surface area contributed by atoms with Gasteiger partial charge in [0.1, 0.15) is 5.88 Å². The highest BCUT2D eigenvalue weighted by Crippen LogP contribution is 2.12. The van der Waals surface area contributed by atoms with E-state index in [1.54, 1.807) is 0 Å². The zero-order valence-electron chi connectivity index (χ0n) is 10.7. The van der Waals surface area contributed by atoms with Crippen molar-refractivity contribution < 1.29 is 4.79 Å². The molecule has 0 aliphatic rings. The van der Waals surface area contributed by atoms with E-state index in [4.69, 9.17) is 11.6 Å². The molecule has 0 aliphatic heterocycles. The Morgan fingerprint density at radius 2 is 1.94 bits per heavy atom. The van der Waals surface area contributed by atoms with Crippen molar-refractivity contribution in [2.45, 2.75) is 39.8 Å². The molecule has 0 bridgehead atoms. The minimum atomic E-state index is 0.00147. The number of aryl methyl sites for hydroxylation is 1. The summed E-state index contributed by atoms with van der Waals surface area (Å²) < 4.78 is 0. The highest BCUT2D eigenvalue weighted by molar-refractivity contribution is 6.27. The lowest BCUT2D eigenvalue weighted by Gasteiger charge is -2.28. The molecule has 1 aromatic rings. The molecular weight excluding hydrogens is 234 g/mol. The van der Waals surface area contributed by atoms with E-state index in [0.29, 0.717) is 6.54 Å². The van der Waals surface area contributed by atoms with Crippen molar-refractivity contribution >= 4 is 17.5 Å². The molecule has 3 heteroatoms. The molecule has 1 atom stereocenters. The maximum Gasteiger partial charge on any atom is 0.238 e. The van der Waals surface area contributed by atoms with Gasteiger partial charge in [-0.3, -0.25) is 4.79 Å². The first kappa shape index (κ1) is 14.0. The molecule has 1 rings (SSSR count). The summed E-state index contributed by atoms with van der Waals surface area (Å²) in [6.45, 7) is 6.83. The molecule has 2 nitrogen and oxygen atoms in total. The number of rotatable bonds is 5.